The second kappa shape index (κ2) is 7.27. The number of carbonyl (C=O) groups is 1. The number of rotatable bonds is 4. The van der Waals surface area contributed by atoms with Crippen LogP contribution in [0.2, 0.25) is 0 Å². The molecule has 2 aromatic rings. The summed E-state index contributed by atoms with van der Waals surface area (Å²) in [5.41, 5.74) is 0.721. The van der Waals surface area contributed by atoms with Crippen molar-refractivity contribution in [3.8, 4) is 5.75 Å². The zero-order chi connectivity index (χ0) is 18.7. The van der Waals surface area contributed by atoms with Crippen LogP contribution in [-0.2, 0) is 5.41 Å². The monoisotopic (exact) mass is 361 g/mol. The zero-order valence-corrected chi connectivity index (χ0v) is 14.7. The Balaban J connectivity index is 1.66. The van der Waals surface area contributed by atoms with Crippen molar-refractivity contribution < 1.29 is 18.3 Å². The van der Waals surface area contributed by atoms with Gasteiger partial charge in [-0.1, -0.05) is 19.9 Å². The van der Waals surface area contributed by atoms with Gasteiger partial charge in [-0.15, -0.1) is 0 Å². The smallest absolute Gasteiger partial charge is 0.315 e. The molecule has 1 aliphatic heterocycles. The molecule has 2 heterocycles. The molecule has 5 nitrogen and oxygen atoms in total. The van der Waals surface area contributed by atoms with Crippen LogP contribution in [0.4, 0.5) is 13.6 Å². The van der Waals surface area contributed by atoms with E-state index in [9.17, 15) is 13.6 Å². The van der Waals surface area contributed by atoms with Gasteiger partial charge in [0.05, 0.1) is 18.2 Å². The van der Waals surface area contributed by atoms with Crippen molar-refractivity contribution in [1.82, 2.24) is 15.6 Å². The van der Waals surface area contributed by atoms with Crippen molar-refractivity contribution in [3.63, 3.8) is 0 Å². The van der Waals surface area contributed by atoms with E-state index in [1.807, 2.05) is 26.0 Å². The number of benzene rings is 1. The van der Waals surface area contributed by atoms with E-state index in [2.05, 4.69) is 15.6 Å². The molecule has 1 atom stereocenters. The van der Waals surface area contributed by atoms with Crippen molar-refractivity contribution in [3.05, 3.63) is 59.4 Å². The van der Waals surface area contributed by atoms with Crippen LogP contribution >= 0.6 is 0 Å². The third-order valence-electron chi connectivity index (χ3n) is 4.54. The number of pyridine rings is 1. The SMILES string of the molecule is CC(C)(CNC(=O)N[C@@H]1CCOc2c(F)ccc(F)c21)c1cccnc1. The van der Waals surface area contributed by atoms with Gasteiger partial charge in [-0.05, 0) is 23.8 Å². The largest absolute Gasteiger partial charge is 0.490 e. The Labute approximate surface area is 150 Å². The highest BCUT2D eigenvalue weighted by molar-refractivity contribution is 5.74. The summed E-state index contributed by atoms with van der Waals surface area (Å²) in [5, 5.41) is 5.51. The Morgan fingerprint density at radius 3 is 2.81 bits per heavy atom. The van der Waals surface area contributed by atoms with Gasteiger partial charge in [0.2, 0.25) is 0 Å². The molecule has 7 heteroatoms. The second-order valence-corrected chi connectivity index (χ2v) is 6.91. The quantitative estimate of drug-likeness (QED) is 0.877. The number of halogens is 2. The van der Waals surface area contributed by atoms with Gasteiger partial charge >= 0.3 is 6.03 Å². The van der Waals surface area contributed by atoms with E-state index in [1.165, 1.54) is 0 Å². The van der Waals surface area contributed by atoms with Crippen LogP contribution in [0.15, 0.2) is 36.7 Å². The summed E-state index contributed by atoms with van der Waals surface area (Å²) in [6.45, 7) is 4.55. The van der Waals surface area contributed by atoms with Crippen molar-refractivity contribution >= 4 is 6.03 Å². The highest BCUT2D eigenvalue weighted by atomic mass is 19.1. The molecule has 26 heavy (non-hydrogen) atoms. The minimum atomic E-state index is -0.643. The van der Waals surface area contributed by atoms with Crippen LogP contribution < -0.4 is 15.4 Å². The van der Waals surface area contributed by atoms with Gasteiger partial charge in [0.25, 0.3) is 0 Å². The summed E-state index contributed by atoms with van der Waals surface area (Å²) in [6.07, 6.45) is 3.81. The van der Waals surface area contributed by atoms with Gasteiger partial charge in [0.1, 0.15) is 5.82 Å². The first-order valence-corrected chi connectivity index (χ1v) is 8.44. The lowest BCUT2D eigenvalue weighted by Crippen LogP contribution is -2.44. The minimum Gasteiger partial charge on any atom is -0.490 e. The van der Waals surface area contributed by atoms with Crippen LogP contribution in [-0.4, -0.2) is 24.2 Å². The summed E-state index contributed by atoms with van der Waals surface area (Å²) in [4.78, 5) is 16.4. The fourth-order valence-electron chi connectivity index (χ4n) is 2.96. The molecule has 3 rings (SSSR count). The summed E-state index contributed by atoms with van der Waals surface area (Å²) >= 11 is 0. The number of urea groups is 1. The number of hydrogen-bond acceptors (Lipinski definition) is 3. The van der Waals surface area contributed by atoms with Gasteiger partial charge in [-0.2, -0.15) is 0 Å². The maximum Gasteiger partial charge on any atom is 0.315 e. The predicted octanol–water partition coefficient (Wildman–Crippen LogP) is 3.46. The molecule has 0 spiro atoms. The highest BCUT2D eigenvalue weighted by Gasteiger charge is 2.29. The number of hydrogen-bond donors (Lipinski definition) is 2. The molecule has 0 fully saturated rings. The molecular weight excluding hydrogens is 340 g/mol. The number of carbonyl (C=O) groups excluding carboxylic acids is 1. The van der Waals surface area contributed by atoms with Gasteiger partial charge in [0.15, 0.2) is 11.6 Å². The number of amides is 2. The van der Waals surface area contributed by atoms with E-state index in [4.69, 9.17) is 4.74 Å². The maximum absolute atomic E-state index is 14.1. The third kappa shape index (κ3) is 3.76. The lowest BCUT2D eigenvalue weighted by molar-refractivity contribution is 0.215. The predicted molar refractivity (Wildman–Crippen MR) is 93.0 cm³/mol. The van der Waals surface area contributed by atoms with E-state index >= 15 is 0 Å². The Kier molecular flexibility index (Phi) is 5.06. The standard InChI is InChI=1S/C19H21F2N3O2/c1-19(2,12-4-3-8-22-10-12)11-23-18(25)24-15-7-9-26-17-14(21)6-5-13(20)16(15)17/h3-6,8,10,15H,7,9,11H2,1-2H3,(H2,23,24,25)/t15-/m1/s1. The molecule has 0 bridgehead atoms. The minimum absolute atomic E-state index is 0.0536. The first-order chi connectivity index (χ1) is 12.4. The molecule has 2 N–H and O–H groups in total. The Morgan fingerprint density at radius 1 is 1.31 bits per heavy atom. The van der Waals surface area contributed by atoms with Crippen LogP contribution in [0.5, 0.6) is 5.75 Å². The molecule has 1 aromatic heterocycles. The molecule has 0 saturated heterocycles. The zero-order valence-electron chi connectivity index (χ0n) is 14.7. The molecular formula is C19H21F2N3O2. The third-order valence-corrected chi connectivity index (χ3v) is 4.54. The van der Waals surface area contributed by atoms with E-state index in [-0.39, 0.29) is 23.3 Å². The first-order valence-electron chi connectivity index (χ1n) is 8.44. The summed E-state index contributed by atoms with van der Waals surface area (Å²) in [5.74, 6) is -1.36. The molecule has 2 amide bonds. The number of ether oxygens (including phenoxy) is 1. The number of nitrogens with one attached hydrogen (secondary N) is 2. The van der Waals surface area contributed by atoms with Gasteiger partial charge < -0.3 is 15.4 Å². The van der Waals surface area contributed by atoms with E-state index in [1.54, 1.807) is 12.4 Å². The maximum atomic E-state index is 14.1. The molecule has 1 aliphatic rings. The van der Waals surface area contributed by atoms with Crippen molar-refractivity contribution in [2.45, 2.75) is 31.7 Å². The summed E-state index contributed by atoms with van der Waals surface area (Å²) in [6, 6.07) is 4.76. The van der Waals surface area contributed by atoms with Gasteiger partial charge in [-0.3, -0.25) is 4.98 Å². The fraction of sp³-hybridized carbons (Fsp3) is 0.368. The Morgan fingerprint density at radius 2 is 2.08 bits per heavy atom. The molecule has 0 unspecified atom stereocenters. The Bertz CT molecular complexity index is 797. The first kappa shape index (κ1) is 18.1. The van der Waals surface area contributed by atoms with Gasteiger partial charge in [-0.25, -0.2) is 13.6 Å². The van der Waals surface area contributed by atoms with Crippen LogP contribution in [0.3, 0.4) is 0 Å². The van der Waals surface area contributed by atoms with Crippen LogP contribution in [0, 0.1) is 11.6 Å². The number of fused-ring (bicyclic) bond motifs is 1. The van der Waals surface area contributed by atoms with Crippen molar-refractivity contribution in [2.24, 2.45) is 0 Å². The summed E-state index contributed by atoms with van der Waals surface area (Å²) in [7, 11) is 0. The molecule has 138 valence electrons. The molecule has 0 saturated carbocycles. The average Bonchev–Trinajstić information content (AvgIpc) is 2.64. The van der Waals surface area contributed by atoms with Gasteiger partial charge in [0, 0.05) is 30.8 Å². The normalized spacial score (nSPS) is 16.4. The van der Waals surface area contributed by atoms with E-state index in [0.717, 1.165) is 17.7 Å². The Hall–Kier alpha value is -2.70. The molecule has 0 radical (unpaired) electrons. The fourth-order valence-corrected chi connectivity index (χ4v) is 2.96. The topological polar surface area (TPSA) is 63.2 Å². The molecule has 1 aromatic carbocycles. The van der Waals surface area contributed by atoms with E-state index < -0.39 is 23.7 Å². The average molecular weight is 361 g/mol. The second-order valence-electron chi connectivity index (χ2n) is 6.91. The number of aromatic nitrogens is 1. The lowest BCUT2D eigenvalue weighted by Gasteiger charge is -2.29. The lowest BCUT2D eigenvalue weighted by atomic mass is 9.86. The van der Waals surface area contributed by atoms with E-state index in [0.29, 0.717) is 13.0 Å². The van der Waals surface area contributed by atoms with Crippen LogP contribution in [0.1, 0.15) is 37.4 Å². The number of nitrogens with zero attached hydrogens (tertiary/aromatic N) is 1. The van der Waals surface area contributed by atoms with Crippen molar-refractivity contribution in [1.29, 1.82) is 0 Å². The highest BCUT2D eigenvalue weighted by Crippen LogP contribution is 2.36. The molecule has 0 aliphatic carbocycles. The van der Waals surface area contributed by atoms with Crippen LogP contribution in [0.25, 0.3) is 0 Å². The summed E-state index contributed by atoms with van der Waals surface area (Å²) < 4.78 is 33.2. The van der Waals surface area contributed by atoms with Crippen molar-refractivity contribution in [2.75, 3.05) is 13.2 Å².